The molecule has 0 radical (unpaired) electrons. The first-order valence-corrected chi connectivity index (χ1v) is 24.7. The third-order valence-electron chi connectivity index (χ3n) is 14.9. The van der Waals surface area contributed by atoms with Crippen LogP contribution in [-0.4, -0.2) is 0 Å². The molecule has 0 aromatic heterocycles. The van der Waals surface area contributed by atoms with Gasteiger partial charge < -0.3 is 4.90 Å². The van der Waals surface area contributed by atoms with Crippen LogP contribution in [0.25, 0.3) is 88.3 Å². The van der Waals surface area contributed by atoms with E-state index >= 15 is 0 Å². The Hall–Kier alpha value is -9.04. The van der Waals surface area contributed by atoms with E-state index in [4.69, 9.17) is 0 Å². The lowest BCUT2D eigenvalue weighted by Gasteiger charge is -2.31. The Morgan fingerprint density at radius 1 is 0.254 bits per heavy atom. The Kier molecular flexibility index (Phi) is 10.4. The summed E-state index contributed by atoms with van der Waals surface area (Å²) in [5.74, 6) is 0. The minimum absolute atomic E-state index is 0.354. The minimum atomic E-state index is -0.354. The number of anilines is 3. The number of hydrogen-bond donors (Lipinski definition) is 0. The van der Waals surface area contributed by atoms with Crippen LogP contribution in [0.15, 0.2) is 279 Å². The Bertz CT molecular complexity index is 3920. The molecule has 0 amide bonds. The van der Waals surface area contributed by atoms with E-state index in [0.717, 1.165) is 28.2 Å². The first-order chi connectivity index (χ1) is 35.1. The molecule has 71 heavy (non-hydrogen) atoms. The highest BCUT2D eigenvalue weighted by Crippen LogP contribution is 2.54. The summed E-state index contributed by atoms with van der Waals surface area (Å²) in [7, 11) is 0. The van der Waals surface area contributed by atoms with Crippen molar-refractivity contribution in [2.75, 3.05) is 4.90 Å². The van der Waals surface area contributed by atoms with Gasteiger partial charge in [0.2, 0.25) is 0 Å². The van der Waals surface area contributed by atoms with Crippen molar-refractivity contribution < 1.29 is 0 Å². The van der Waals surface area contributed by atoms with E-state index in [9.17, 15) is 0 Å². The minimum Gasteiger partial charge on any atom is -0.310 e. The summed E-state index contributed by atoms with van der Waals surface area (Å²) in [4.78, 5) is 2.47. The van der Waals surface area contributed by atoms with Crippen LogP contribution in [0.2, 0.25) is 0 Å². The Labute approximate surface area is 416 Å². The molecule has 0 heterocycles. The van der Waals surface area contributed by atoms with Gasteiger partial charge in [0.25, 0.3) is 0 Å². The van der Waals surface area contributed by atoms with Crippen molar-refractivity contribution in [2.24, 2.45) is 0 Å². The molecule has 1 atom stereocenters. The molecule has 0 bridgehead atoms. The molecule has 0 aliphatic heterocycles. The topological polar surface area (TPSA) is 3.24 Å². The Morgan fingerprint density at radius 3 is 1.39 bits per heavy atom. The Morgan fingerprint density at radius 2 is 0.718 bits per heavy atom. The molecule has 1 aliphatic carbocycles. The van der Waals surface area contributed by atoms with Gasteiger partial charge in [0.15, 0.2) is 0 Å². The summed E-state index contributed by atoms with van der Waals surface area (Å²) in [5, 5.41) is 4.98. The average molecular weight is 904 g/mol. The molecule has 1 nitrogen and oxygen atoms in total. The van der Waals surface area contributed by atoms with Crippen LogP contribution in [-0.2, 0) is 5.41 Å². The van der Waals surface area contributed by atoms with Gasteiger partial charge in [-0.1, -0.05) is 237 Å². The molecule has 12 aromatic carbocycles. The van der Waals surface area contributed by atoms with E-state index in [-0.39, 0.29) is 5.41 Å². The van der Waals surface area contributed by atoms with Gasteiger partial charge in [0, 0.05) is 22.5 Å². The molecule has 1 unspecified atom stereocenters. The number of rotatable bonds is 9. The second kappa shape index (κ2) is 17.5. The maximum atomic E-state index is 2.47. The zero-order valence-electron chi connectivity index (χ0n) is 39.5. The predicted molar refractivity (Wildman–Crippen MR) is 301 cm³/mol. The van der Waals surface area contributed by atoms with Gasteiger partial charge in [-0.3, -0.25) is 0 Å². The van der Waals surface area contributed by atoms with Gasteiger partial charge >= 0.3 is 0 Å². The lowest BCUT2D eigenvalue weighted by atomic mass is 9.74. The smallest absolute Gasteiger partial charge is 0.0468 e. The third-order valence-corrected chi connectivity index (χ3v) is 14.9. The van der Waals surface area contributed by atoms with Crippen molar-refractivity contribution in [3.8, 4) is 66.8 Å². The first kappa shape index (κ1) is 42.1. The molecule has 1 heteroatoms. The quantitative estimate of drug-likeness (QED) is 0.130. The van der Waals surface area contributed by atoms with E-state index < -0.39 is 0 Å². The molecule has 0 N–H and O–H groups in total. The lowest BCUT2D eigenvalue weighted by Crippen LogP contribution is -2.22. The number of benzene rings is 12. The Balaban J connectivity index is 1.04. The molecular weight excluding hydrogens is 855 g/mol. The summed E-state index contributed by atoms with van der Waals surface area (Å²) < 4.78 is 0. The van der Waals surface area contributed by atoms with Crippen molar-refractivity contribution in [1.82, 2.24) is 0 Å². The zero-order chi connectivity index (χ0) is 47.3. The van der Waals surface area contributed by atoms with Crippen molar-refractivity contribution in [2.45, 2.75) is 12.3 Å². The van der Waals surface area contributed by atoms with Crippen molar-refractivity contribution in [3.05, 3.63) is 296 Å². The highest BCUT2D eigenvalue weighted by molar-refractivity contribution is 6.22. The summed E-state index contributed by atoms with van der Waals surface area (Å²) in [5.41, 5.74) is 21.4. The molecule has 0 fully saturated rings. The number of nitrogens with zero attached hydrogens (tertiary/aromatic N) is 1. The fourth-order valence-electron chi connectivity index (χ4n) is 11.6. The monoisotopic (exact) mass is 903 g/mol. The van der Waals surface area contributed by atoms with Gasteiger partial charge in [-0.15, -0.1) is 0 Å². The van der Waals surface area contributed by atoms with Gasteiger partial charge in [-0.2, -0.15) is 0 Å². The van der Waals surface area contributed by atoms with E-state index in [1.54, 1.807) is 0 Å². The van der Waals surface area contributed by atoms with Gasteiger partial charge in [0.1, 0.15) is 0 Å². The van der Waals surface area contributed by atoms with Crippen molar-refractivity contribution in [3.63, 3.8) is 0 Å². The van der Waals surface area contributed by atoms with Crippen molar-refractivity contribution >= 4 is 38.6 Å². The molecule has 0 saturated heterocycles. The number of hydrogen-bond acceptors (Lipinski definition) is 1. The molecule has 334 valence electrons. The standard InChI is InChI=1S/C70H49N/c1-70(54-31-15-6-16-32-54)66-37-20-19-35-61(66)62-43-40-57(47-67(62)70)71(56-39-42-58(48-22-7-2-8-23-48)64(46-56)49-24-9-3-10-25-49)55-33-21-30-52(44-55)53-38-41-60-59-34-17-18-36-63(59)68(50-26-11-4-12-27-50)69(65(60)45-53)51-28-13-5-14-29-51/h2-47H,1H3. The molecule has 0 saturated carbocycles. The van der Waals surface area contributed by atoms with Gasteiger partial charge in [-0.05, 0) is 154 Å². The largest absolute Gasteiger partial charge is 0.310 e. The van der Waals surface area contributed by atoms with Crippen LogP contribution in [0.4, 0.5) is 17.1 Å². The lowest BCUT2D eigenvalue weighted by molar-refractivity contribution is 0.714. The van der Waals surface area contributed by atoms with Crippen LogP contribution in [0.1, 0.15) is 23.6 Å². The van der Waals surface area contributed by atoms with Crippen molar-refractivity contribution in [1.29, 1.82) is 0 Å². The molecular formula is C70H49N. The third kappa shape index (κ3) is 7.17. The summed E-state index contributed by atoms with van der Waals surface area (Å²) in [6.07, 6.45) is 0. The maximum Gasteiger partial charge on any atom is 0.0468 e. The fraction of sp³-hybridized carbons (Fsp3) is 0.0286. The van der Waals surface area contributed by atoms with Crippen LogP contribution in [0, 0.1) is 0 Å². The maximum absolute atomic E-state index is 2.47. The van der Waals surface area contributed by atoms with E-state index in [1.807, 2.05) is 0 Å². The normalized spacial score (nSPS) is 13.8. The fourth-order valence-corrected chi connectivity index (χ4v) is 11.6. The highest BCUT2D eigenvalue weighted by atomic mass is 15.1. The molecule has 12 aromatic rings. The van der Waals surface area contributed by atoms with Gasteiger partial charge in [-0.25, -0.2) is 0 Å². The van der Waals surface area contributed by atoms with Crippen LogP contribution in [0.5, 0.6) is 0 Å². The van der Waals surface area contributed by atoms with Crippen LogP contribution < -0.4 is 4.90 Å². The average Bonchev–Trinajstić information content (AvgIpc) is 3.71. The molecule has 1 aliphatic rings. The first-order valence-electron chi connectivity index (χ1n) is 24.7. The molecule has 0 spiro atoms. The van der Waals surface area contributed by atoms with E-state index in [1.165, 1.54) is 93.9 Å². The highest BCUT2D eigenvalue weighted by Gasteiger charge is 2.41. The van der Waals surface area contributed by atoms with Crippen LogP contribution >= 0.6 is 0 Å². The second-order valence-corrected chi connectivity index (χ2v) is 18.9. The zero-order valence-corrected chi connectivity index (χ0v) is 39.5. The van der Waals surface area contributed by atoms with Gasteiger partial charge in [0.05, 0.1) is 0 Å². The summed E-state index contributed by atoms with van der Waals surface area (Å²) >= 11 is 0. The van der Waals surface area contributed by atoms with Crippen LogP contribution in [0.3, 0.4) is 0 Å². The van der Waals surface area contributed by atoms with E-state index in [2.05, 4.69) is 291 Å². The SMILES string of the molecule is CC1(c2ccccc2)c2ccccc2-c2ccc(N(c3cccc(-c4ccc5c(c4)c(-c4ccccc4)c(-c4ccccc4)c4ccccc45)c3)c3ccc(-c4ccccc4)c(-c4ccccc4)c3)cc21. The predicted octanol–water partition coefficient (Wildman–Crippen LogP) is 19.1. The van der Waals surface area contributed by atoms with E-state index in [0.29, 0.717) is 0 Å². The molecule has 13 rings (SSSR count). The summed E-state index contributed by atoms with van der Waals surface area (Å²) in [6.45, 7) is 2.40. The number of fused-ring (bicyclic) bond motifs is 6. The summed E-state index contributed by atoms with van der Waals surface area (Å²) in [6, 6.07) is 103. The second-order valence-electron chi connectivity index (χ2n) is 18.9.